The number of rotatable bonds is 7. The summed E-state index contributed by atoms with van der Waals surface area (Å²) < 4.78 is 62.9. The Kier molecular flexibility index (Phi) is 8.49. The Morgan fingerprint density at radius 3 is 2.39 bits per heavy atom. The van der Waals surface area contributed by atoms with E-state index < -0.39 is 34.4 Å². The molecule has 0 saturated carbocycles. The summed E-state index contributed by atoms with van der Waals surface area (Å²) in [4.78, 5) is 4.47. The first-order chi connectivity index (χ1) is 17.5. The molecule has 1 aromatic carbocycles. The number of nitrogens with zero attached hydrogens (tertiary/aromatic N) is 2. The fraction of sp³-hybridized carbons (Fsp3) is 0.731. The molecule has 4 rings (SSSR count). The molecular formula is C26H41F2IN2O5Si2. The lowest BCUT2D eigenvalue weighted by molar-refractivity contribution is -0.0660. The Hall–Kier alpha value is -0.646. The van der Waals surface area contributed by atoms with Crippen LogP contribution in [0, 0.1) is 15.2 Å². The van der Waals surface area contributed by atoms with Gasteiger partial charge in [0.05, 0.1) is 22.3 Å². The first kappa shape index (κ1) is 30.3. The minimum absolute atomic E-state index is 0.0519. The Morgan fingerprint density at radius 2 is 1.79 bits per heavy atom. The van der Waals surface area contributed by atoms with Gasteiger partial charge < -0.3 is 23.1 Å². The normalized spacial score (nSPS) is 24.2. The van der Waals surface area contributed by atoms with E-state index >= 15 is 4.39 Å². The van der Waals surface area contributed by atoms with Gasteiger partial charge in [0.1, 0.15) is 30.3 Å². The minimum Gasteiger partial charge on any atom is -0.456 e. The predicted molar refractivity (Wildman–Crippen MR) is 157 cm³/mol. The highest BCUT2D eigenvalue weighted by Gasteiger charge is 2.64. The van der Waals surface area contributed by atoms with Gasteiger partial charge in [0.15, 0.2) is 11.9 Å². The topological polar surface area (TPSA) is 64.0 Å². The van der Waals surface area contributed by atoms with Crippen LogP contribution in [0.2, 0.25) is 35.8 Å². The molecule has 7 nitrogen and oxygen atoms in total. The Bertz CT molecular complexity index is 1160. The Balaban J connectivity index is 1.66. The zero-order chi connectivity index (χ0) is 28.3. The number of ether oxygens (including phenoxy) is 3. The average Bonchev–Trinajstić information content (AvgIpc) is 3.34. The molecule has 2 saturated heterocycles. The Morgan fingerprint density at radius 1 is 1.13 bits per heavy atom. The summed E-state index contributed by atoms with van der Waals surface area (Å²) in [5.74, 6) is -1.35. The molecule has 0 N–H and O–H groups in total. The third-order valence-electron chi connectivity index (χ3n) is 7.25. The molecule has 0 bridgehead atoms. The molecule has 3 heterocycles. The van der Waals surface area contributed by atoms with E-state index in [0.717, 1.165) is 6.04 Å². The monoisotopic (exact) mass is 682 g/mol. The largest absolute Gasteiger partial charge is 0.456 e. The highest BCUT2D eigenvalue weighted by Crippen LogP contribution is 2.55. The van der Waals surface area contributed by atoms with Crippen LogP contribution in [0.1, 0.15) is 41.5 Å². The van der Waals surface area contributed by atoms with Gasteiger partial charge in [-0.05, 0) is 28.6 Å². The number of hydrogen-bond acceptors (Lipinski definition) is 6. The fourth-order valence-electron chi connectivity index (χ4n) is 5.41. The molecule has 2 aromatic rings. The molecule has 0 amide bonds. The third-order valence-corrected chi connectivity index (χ3v) is 15.1. The summed E-state index contributed by atoms with van der Waals surface area (Å²) in [6.45, 7) is 21.1. The molecule has 3 atom stereocenters. The summed E-state index contributed by atoms with van der Waals surface area (Å²) in [6, 6.07) is 2.42. The van der Waals surface area contributed by atoms with Gasteiger partial charge >= 0.3 is 8.56 Å². The van der Waals surface area contributed by atoms with E-state index in [1.165, 1.54) is 6.07 Å². The minimum atomic E-state index is -2.76. The number of imidazole rings is 1. The maximum Gasteiger partial charge on any atom is 0.349 e. The smallest absolute Gasteiger partial charge is 0.349 e. The lowest BCUT2D eigenvalue weighted by Gasteiger charge is -2.53. The Labute approximate surface area is 240 Å². The van der Waals surface area contributed by atoms with E-state index in [9.17, 15) is 4.39 Å². The molecule has 0 spiro atoms. The van der Waals surface area contributed by atoms with Crippen molar-refractivity contribution in [3.8, 4) is 6.01 Å². The number of fused-ring (bicyclic) bond motifs is 2. The van der Waals surface area contributed by atoms with Crippen molar-refractivity contribution < 1.29 is 31.8 Å². The van der Waals surface area contributed by atoms with Crippen LogP contribution in [0.25, 0.3) is 11.0 Å². The average molecular weight is 683 g/mol. The summed E-state index contributed by atoms with van der Waals surface area (Å²) in [7, 11) is -4.07. The van der Waals surface area contributed by atoms with E-state index in [1.54, 1.807) is 27.2 Å². The van der Waals surface area contributed by atoms with E-state index in [-0.39, 0.29) is 50.7 Å². The number of aromatic nitrogens is 2. The van der Waals surface area contributed by atoms with Crippen LogP contribution in [-0.4, -0.2) is 64.3 Å². The van der Waals surface area contributed by atoms with E-state index in [2.05, 4.69) is 66.2 Å². The molecular weight excluding hydrogens is 641 g/mol. The lowest BCUT2D eigenvalue weighted by atomic mass is 10.1. The second-order valence-corrected chi connectivity index (χ2v) is 25.0. The first-order valence-corrected chi connectivity index (χ1v) is 19.8. The zero-order valence-electron chi connectivity index (χ0n) is 23.9. The van der Waals surface area contributed by atoms with Crippen molar-refractivity contribution in [2.75, 3.05) is 19.8 Å². The zero-order valence-corrected chi connectivity index (χ0v) is 28.1. The second-order valence-electron chi connectivity index (χ2n) is 13.6. The SMILES string of the molecule is CC(C)(C)[Si]1(C(C)(C)C)OC[C@H]2OC[C@@H](Oc3nc4c(F)c(I)c(F)cc4n3COCC[Si](C)(C)C)[C@@H]2O1. The van der Waals surface area contributed by atoms with E-state index in [1.807, 2.05) is 0 Å². The van der Waals surface area contributed by atoms with Crippen LogP contribution < -0.4 is 4.74 Å². The van der Waals surface area contributed by atoms with Crippen LogP contribution in [0.3, 0.4) is 0 Å². The maximum atomic E-state index is 15.1. The quantitative estimate of drug-likeness (QED) is 0.138. The van der Waals surface area contributed by atoms with Gasteiger partial charge in [0.2, 0.25) is 0 Å². The lowest BCUT2D eigenvalue weighted by Crippen LogP contribution is -2.65. The van der Waals surface area contributed by atoms with Gasteiger partial charge in [-0.3, -0.25) is 4.57 Å². The van der Waals surface area contributed by atoms with Crippen LogP contribution in [-0.2, 0) is 25.1 Å². The van der Waals surface area contributed by atoms with Crippen molar-refractivity contribution >= 4 is 50.3 Å². The first-order valence-electron chi connectivity index (χ1n) is 13.2. The summed E-state index contributed by atoms with van der Waals surface area (Å²) in [5.41, 5.74) is 0.343. The fourth-order valence-corrected chi connectivity index (χ4v) is 11.6. The van der Waals surface area contributed by atoms with Gasteiger partial charge in [0, 0.05) is 30.8 Å². The maximum absolute atomic E-state index is 15.1. The number of benzene rings is 1. The second kappa shape index (κ2) is 10.6. The van der Waals surface area contributed by atoms with Crippen molar-refractivity contribution in [1.82, 2.24) is 9.55 Å². The summed E-state index contributed by atoms with van der Waals surface area (Å²) >= 11 is 1.66. The van der Waals surface area contributed by atoms with Gasteiger partial charge in [-0.1, -0.05) is 61.2 Å². The van der Waals surface area contributed by atoms with E-state index in [4.69, 9.17) is 23.1 Å². The van der Waals surface area contributed by atoms with Crippen LogP contribution in [0.4, 0.5) is 8.78 Å². The molecule has 0 radical (unpaired) electrons. The highest BCUT2D eigenvalue weighted by molar-refractivity contribution is 14.1. The van der Waals surface area contributed by atoms with Gasteiger partial charge in [0.25, 0.3) is 6.01 Å². The van der Waals surface area contributed by atoms with Crippen molar-refractivity contribution in [2.45, 2.75) is 102 Å². The van der Waals surface area contributed by atoms with E-state index in [0.29, 0.717) is 18.7 Å². The predicted octanol–water partition coefficient (Wildman–Crippen LogP) is 6.84. The van der Waals surface area contributed by atoms with Crippen LogP contribution >= 0.6 is 22.6 Å². The summed E-state index contributed by atoms with van der Waals surface area (Å²) in [5, 5.41) is -0.393. The number of halogens is 3. The molecule has 0 unspecified atom stereocenters. The van der Waals surface area contributed by atoms with Crippen molar-refractivity contribution in [3.63, 3.8) is 0 Å². The standard InChI is InChI=1S/C26H41F2IN2O5Si2/c1-25(2,3)38(26(4,5)6)34-14-18-23(36-38)19(13-33-18)35-24-30-22-17(12-16(27)21(29)20(22)28)31(24)15-32-10-11-37(7,8)9/h12,18-19,23H,10-11,13-15H2,1-9H3/t18-,19-,23-/m1/s1. The van der Waals surface area contributed by atoms with Gasteiger partial charge in [-0.15, -0.1) is 0 Å². The molecule has 12 heteroatoms. The molecule has 2 aliphatic heterocycles. The van der Waals surface area contributed by atoms with Gasteiger partial charge in [-0.2, -0.15) is 4.98 Å². The van der Waals surface area contributed by atoms with Crippen molar-refractivity contribution in [2.24, 2.45) is 0 Å². The van der Waals surface area contributed by atoms with Crippen LogP contribution in [0.5, 0.6) is 6.01 Å². The van der Waals surface area contributed by atoms with Crippen molar-refractivity contribution in [3.05, 3.63) is 21.3 Å². The molecule has 1 aromatic heterocycles. The third kappa shape index (κ3) is 5.73. The van der Waals surface area contributed by atoms with Crippen LogP contribution in [0.15, 0.2) is 6.07 Å². The highest BCUT2D eigenvalue weighted by atomic mass is 127. The number of hydrogen-bond donors (Lipinski definition) is 0. The molecule has 2 fully saturated rings. The van der Waals surface area contributed by atoms with Crippen molar-refractivity contribution in [1.29, 1.82) is 0 Å². The molecule has 2 aliphatic rings. The molecule has 214 valence electrons. The van der Waals surface area contributed by atoms with Gasteiger partial charge in [-0.25, -0.2) is 8.78 Å². The molecule has 0 aliphatic carbocycles. The summed E-state index contributed by atoms with van der Waals surface area (Å²) in [6.07, 6.45) is -1.12. The molecule has 38 heavy (non-hydrogen) atoms.